The molecular formula is C15H13N3O. The highest BCUT2D eigenvalue weighted by atomic mass is 16.1. The first-order valence-corrected chi connectivity index (χ1v) is 5.82. The van der Waals surface area contributed by atoms with Crippen LogP contribution in [0.15, 0.2) is 48.5 Å². The van der Waals surface area contributed by atoms with Gasteiger partial charge in [-0.15, -0.1) is 0 Å². The summed E-state index contributed by atoms with van der Waals surface area (Å²) in [7, 11) is 0. The maximum Gasteiger partial charge on any atom is 0.256 e. The molecule has 3 N–H and O–H groups in total. The van der Waals surface area contributed by atoms with E-state index in [2.05, 4.69) is 22.1 Å². The molecule has 0 saturated carbocycles. The quantitative estimate of drug-likeness (QED) is 0.797. The Bertz CT molecular complexity index is 627. The molecule has 0 spiro atoms. The molecule has 0 aliphatic rings. The van der Waals surface area contributed by atoms with Crippen LogP contribution in [0, 0.1) is 11.8 Å². The first-order chi connectivity index (χ1) is 9.29. The summed E-state index contributed by atoms with van der Waals surface area (Å²) in [6.07, 6.45) is 0. The fourth-order valence-electron chi connectivity index (χ4n) is 1.49. The van der Waals surface area contributed by atoms with Crippen molar-refractivity contribution in [2.45, 2.75) is 0 Å². The Kier molecular flexibility index (Phi) is 4.27. The van der Waals surface area contributed by atoms with Crippen LogP contribution in [-0.4, -0.2) is 17.4 Å². The summed E-state index contributed by atoms with van der Waals surface area (Å²) in [6.45, 7) is 0.280. The average Bonchev–Trinajstić information content (AvgIpc) is 2.46. The molecule has 2 rings (SSSR count). The molecule has 1 amide bonds. The standard InChI is InChI=1S/C15H13N3O/c16-11-5-9-13-8-4-10-14(17-13)18-15(19)12-6-2-1-3-7-12/h1-4,6-8,10H,11,16H2,(H,17,18,19). The normalized spacial score (nSPS) is 9.32. The zero-order valence-electron chi connectivity index (χ0n) is 10.3. The van der Waals surface area contributed by atoms with E-state index in [1.54, 1.807) is 30.3 Å². The van der Waals surface area contributed by atoms with E-state index < -0.39 is 0 Å². The van der Waals surface area contributed by atoms with Crippen molar-refractivity contribution >= 4 is 11.7 Å². The smallest absolute Gasteiger partial charge is 0.256 e. The predicted octanol–water partition coefficient (Wildman–Crippen LogP) is 1.64. The van der Waals surface area contributed by atoms with E-state index in [0.29, 0.717) is 17.1 Å². The van der Waals surface area contributed by atoms with Crippen molar-refractivity contribution in [3.05, 3.63) is 59.8 Å². The number of benzene rings is 1. The monoisotopic (exact) mass is 251 g/mol. The average molecular weight is 251 g/mol. The minimum atomic E-state index is -0.197. The Morgan fingerprint density at radius 3 is 2.68 bits per heavy atom. The number of pyridine rings is 1. The second kappa shape index (κ2) is 6.34. The van der Waals surface area contributed by atoms with Crippen LogP contribution in [0.25, 0.3) is 0 Å². The summed E-state index contributed by atoms with van der Waals surface area (Å²) in [4.78, 5) is 16.1. The van der Waals surface area contributed by atoms with Gasteiger partial charge < -0.3 is 11.1 Å². The van der Waals surface area contributed by atoms with Crippen LogP contribution < -0.4 is 11.1 Å². The van der Waals surface area contributed by atoms with E-state index in [9.17, 15) is 4.79 Å². The third kappa shape index (κ3) is 3.66. The molecule has 1 heterocycles. The number of nitrogens with one attached hydrogen (secondary N) is 1. The van der Waals surface area contributed by atoms with Gasteiger partial charge in [0.05, 0.1) is 6.54 Å². The second-order valence-corrected chi connectivity index (χ2v) is 3.73. The van der Waals surface area contributed by atoms with Gasteiger partial charge in [0.1, 0.15) is 11.5 Å². The molecule has 2 aromatic rings. The van der Waals surface area contributed by atoms with Gasteiger partial charge in [-0.1, -0.05) is 30.2 Å². The van der Waals surface area contributed by atoms with Gasteiger partial charge in [0, 0.05) is 5.56 Å². The van der Waals surface area contributed by atoms with E-state index >= 15 is 0 Å². The van der Waals surface area contributed by atoms with Crippen LogP contribution in [0.5, 0.6) is 0 Å². The molecule has 0 fully saturated rings. The zero-order valence-corrected chi connectivity index (χ0v) is 10.3. The van der Waals surface area contributed by atoms with E-state index in [4.69, 9.17) is 5.73 Å². The molecule has 0 aliphatic carbocycles. The lowest BCUT2D eigenvalue weighted by Crippen LogP contribution is -2.12. The minimum Gasteiger partial charge on any atom is -0.320 e. The summed E-state index contributed by atoms with van der Waals surface area (Å²) >= 11 is 0. The van der Waals surface area contributed by atoms with Crippen LogP contribution in [0.1, 0.15) is 16.1 Å². The third-order valence-corrected chi connectivity index (χ3v) is 2.35. The number of rotatable bonds is 2. The van der Waals surface area contributed by atoms with Gasteiger partial charge in [-0.25, -0.2) is 4.98 Å². The Morgan fingerprint density at radius 1 is 1.16 bits per heavy atom. The van der Waals surface area contributed by atoms with Gasteiger partial charge in [-0.2, -0.15) is 0 Å². The van der Waals surface area contributed by atoms with Crippen molar-refractivity contribution in [3.63, 3.8) is 0 Å². The Hall–Kier alpha value is -2.64. The highest BCUT2D eigenvalue weighted by Gasteiger charge is 2.05. The molecule has 0 radical (unpaired) electrons. The number of aromatic nitrogens is 1. The number of hydrogen-bond acceptors (Lipinski definition) is 3. The lowest BCUT2D eigenvalue weighted by atomic mass is 10.2. The van der Waals surface area contributed by atoms with Crippen LogP contribution in [0.2, 0.25) is 0 Å². The molecule has 4 heteroatoms. The Morgan fingerprint density at radius 2 is 1.95 bits per heavy atom. The molecular weight excluding hydrogens is 238 g/mol. The molecule has 94 valence electrons. The molecule has 1 aromatic heterocycles. The van der Waals surface area contributed by atoms with Gasteiger partial charge in [0.15, 0.2) is 0 Å². The predicted molar refractivity (Wildman–Crippen MR) is 74.6 cm³/mol. The molecule has 0 aliphatic heterocycles. The number of hydrogen-bond donors (Lipinski definition) is 2. The molecule has 0 bridgehead atoms. The number of nitrogens with two attached hydrogens (primary N) is 1. The summed E-state index contributed by atoms with van der Waals surface area (Å²) in [5.74, 6) is 5.81. The molecule has 4 nitrogen and oxygen atoms in total. The maximum absolute atomic E-state index is 11.9. The topological polar surface area (TPSA) is 68.0 Å². The molecule has 19 heavy (non-hydrogen) atoms. The SMILES string of the molecule is NCC#Cc1cccc(NC(=O)c2ccccc2)n1. The second-order valence-electron chi connectivity index (χ2n) is 3.73. The van der Waals surface area contributed by atoms with Gasteiger partial charge in [0.25, 0.3) is 5.91 Å². The van der Waals surface area contributed by atoms with Crippen molar-refractivity contribution in [3.8, 4) is 11.8 Å². The largest absolute Gasteiger partial charge is 0.320 e. The number of anilines is 1. The van der Waals surface area contributed by atoms with Crippen molar-refractivity contribution < 1.29 is 4.79 Å². The third-order valence-electron chi connectivity index (χ3n) is 2.35. The maximum atomic E-state index is 11.9. The molecule has 1 aromatic carbocycles. The van der Waals surface area contributed by atoms with E-state index in [0.717, 1.165) is 0 Å². The molecule has 0 saturated heterocycles. The Labute approximate surface area is 111 Å². The zero-order chi connectivity index (χ0) is 13.5. The van der Waals surface area contributed by atoms with Crippen molar-refractivity contribution in [2.75, 3.05) is 11.9 Å². The fourth-order valence-corrected chi connectivity index (χ4v) is 1.49. The molecule has 0 unspecified atom stereocenters. The number of carbonyl (C=O) groups excluding carboxylic acids is 1. The lowest BCUT2D eigenvalue weighted by Gasteiger charge is -2.04. The summed E-state index contributed by atoms with van der Waals surface area (Å²) in [6, 6.07) is 14.2. The summed E-state index contributed by atoms with van der Waals surface area (Å²) in [5, 5.41) is 2.73. The van der Waals surface area contributed by atoms with Gasteiger partial charge in [-0.3, -0.25) is 4.79 Å². The number of amides is 1. The summed E-state index contributed by atoms with van der Waals surface area (Å²) < 4.78 is 0. The van der Waals surface area contributed by atoms with Gasteiger partial charge in [-0.05, 0) is 30.2 Å². The van der Waals surface area contributed by atoms with Crippen molar-refractivity contribution in [2.24, 2.45) is 5.73 Å². The van der Waals surface area contributed by atoms with Gasteiger partial charge in [0.2, 0.25) is 0 Å². The Balaban J connectivity index is 2.13. The first kappa shape index (κ1) is 12.8. The van der Waals surface area contributed by atoms with E-state index in [-0.39, 0.29) is 12.5 Å². The van der Waals surface area contributed by atoms with Crippen LogP contribution in [0.3, 0.4) is 0 Å². The highest BCUT2D eigenvalue weighted by Crippen LogP contribution is 2.07. The van der Waals surface area contributed by atoms with Gasteiger partial charge >= 0.3 is 0 Å². The molecule has 0 atom stereocenters. The fraction of sp³-hybridized carbons (Fsp3) is 0.0667. The summed E-state index contributed by atoms with van der Waals surface area (Å²) in [5.41, 5.74) is 6.47. The van der Waals surface area contributed by atoms with E-state index in [1.807, 2.05) is 18.2 Å². The van der Waals surface area contributed by atoms with E-state index in [1.165, 1.54) is 0 Å². The minimum absolute atomic E-state index is 0.197. The highest BCUT2D eigenvalue weighted by molar-refractivity contribution is 6.03. The van der Waals surface area contributed by atoms with Crippen molar-refractivity contribution in [1.29, 1.82) is 0 Å². The van der Waals surface area contributed by atoms with Crippen molar-refractivity contribution in [1.82, 2.24) is 4.98 Å². The van der Waals surface area contributed by atoms with Crippen LogP contribution in [-0.2, 0) is 0 Å². The van der Waals surface area contributed by atoms with Crippen LogP contribution in [0.4, 0.5) is 5.82 Å². The number of nitrogens with zero attached hydrogens (tertiary/aromatic N) is 1. The first-order valence-electron chi connectivity index (χ1n) is 5.82. The number of carbonyl (C=O) groups is 1. The lowest BCUT2D eigenvalue weighted by molar-refractivity contribution is 0.102. The van der Waals surface area contributed by atoms with Crippen LogP contribution >= 0.6 is 0 Å².